The van der Waals surface area contributed by atoms with Gasteiger partial charge in [-0.15, -0.1) is 11.3 Å². The number of pyridine rings is 1. The van der Waals surface area contributed by atoms with E-state index in [0.29, 0.717) is 0 Å². The second-order valence-electron chi connectivity index (χ2n) is 10.0. The molecule has 5 aromatic carbocycles. The van der Waals surface area contributed by atoms with Gasteiger partial charge in [0.2, 0.25) is 0 Å². The predicted molar refractivity (Wildman–Crippen MR) is 170 cm³/mol. The van der Waals surface area contributed by atoms with E-state index in [0.717, 1.165) is 22.5 Å². The maximum absolute atomic E-state index is 5.19. The Morgan fingerprint density at radius 2 is 1.10 bits per heavy atom. The van der Waals surface area contributed by atoms with Gasteiger partial charge >= 0.3 is 0 Å². The number of aromatic nitrogens is 2. The molecule has 0 bridgehead atoms. The largest absolute Gasteiger partial charge is 0.308 e. The summed E-state index contributed by atoms with van der Waals surface area (Å²) in [6, 6.07) is 51.7. The number of rotatable bonds is 4. The van der Waals surface area contributed by atoms with Gasteiger partial charge in [0.15, 0.2) is 0 Å². The molecule has 0 fully saturated rings. The van der Waals surface area contributed by atoms with Crippen LogP contribution in [0.2, 0.25) is 0 Å². The van der Waals surface area contributed by atoms with Gasteiger partial charge in [-0.05, 0) is 53.6 Å². The molecule has 0 saturated heterocycles. The predicted octanol–water partition coefficient (Wildman–Crippen LogP) is 10.4. The van der Waals surface area contributed by atoms with Crippen LogP contribution in [-0.2, 0) is 0 Å². The highest BCUT2D eigenvalue weighted by molar-refractivity contribution is 7.26. The molecule has 3 aromatic heterocycles. The summed E-state index contributed by atoms with van der Waals surface area (Å²) in [6.07, 6.45) is 0. The highest BCUT2D eigenvalue weighted by atomic mass is 32.1. The summed E-state index contributed by atoms with van der Waals surface area (Å²) in [6.45, 7) is 0. The number of para-hydroxylation sites is 1. The highest BCUT2D eigenvalue weighted by Crippen LogP contribution is 2.43. The Hall–Kier alpha value is -4.99. The minimum Gasteiger partial charge on any atom is -0.308 e. The molecule has 0 aliphatic rings. The minimum atomic E-state index is 0.976. The van der Waals surface area contributed by atoms with Gasteiger partial charge in [-0.1, -0.05) is 103 Å². The number of benzene rings is 5. The summed E-state index contributed by atoms with van der Waals surface area (Å²) < 4.78 is 5.03. The summed E-state index contributed by atoms with van der Waals surface area (Å²) in [5.74, 6) is 0. The number of fused-ring (bicyclic) bond motifs is 5. The van der Waals surface area contributed by atoms with Gasteiger partial charge in [0, 0.05) is 32.3 Å². The molecule has 0 aliphatic carbocycles. The number of hydrogen-bond acceptors (Lipinski definition) is 2. The fraction of sp³-hybridized carbons (Fsp3) is 0. The van der Waals surface area contributed by atoms with Gasteiger partial charge in [-0.3, -0.25) is 0 Å². The van der Waals surface area contributed by atoms with Crippen LogP contribution >= 0.6 is 11.3 Å². The van der Waals surface area contributed by atoms with Crippen molar-refractivity contribution in [2.75, 3.05) is 0 Å². The first kappa shape index (κ1) is 22.9. The Labute approximate surface area is 236 Å². The normalized spacial score (nSPS) is 11.5. The Kier molecular flexibility index (Phi) is 5.35. The van der Waals surface area contributed by atoms with Gasteiger partial charge in [-0.2, -0.15) is 0 Å². The highest BCUT2D eigenvalue weighted by Gasteiger charge is 2.19. The van der Waals surface area contributed by atoms with Crippen LogP contribution in [0.15, 0.2) is 146 Å². The van der Waals surface area contributed by atoms with Crippen LogP contribution in [0.1, 0.15) is 0 Å². The zero-order valence-corrected chi connectivity index (χ0v) is 22.5. The van der Waals surface area contributed by atoms with Crippen molar-refractivity contribution in [1.29, 1.82) is 0 Å². The van der Waals surface area contributed by atoms with Crippen molar-refractivity contribution >= 4 is 42.5 Å². The SMILES string of the molecule is c1ccc(-c2cc(-c3ccccc3)nc(-c3ccc4c(c3)c3sc5ccccc5c3n4-c3ccccc3)c2)cc1. The van der Waals surface area contributed by atoms with Crippen molar-refractivity contribution in [1.82, 2.24) is 9.55 Å². The smallest absolute Gasteiger partial charge is 0.0727 e. The van der Waals surface area contributed by atoms with E-state index in [-0.39, 0.29) is 0 Å². The summed E-state index contributed by atoms with van der Waals surface area (Å²) >= 11 is 1.87. The van der Waals surface area contributed by atoms with E-state index in [9.17, 15) is 0 Å². The third kappa shape index (κ3) is 3.75. The molecule has 0 atom stereocenters. The molecule has 0 amide bonds. The maximum Gasteiger partial charge on any atom is 0.0727 e. The van der Waals surface area contributed by atoms with Crippen LogP contribution in [0.3, 0.4) is 0 Å². The molecule has 0 radical (unpaired) electrons. The van der Waals surface area contributed by atoms with Gasteiger partial charge in [0.25, 0.3) is 0 Å². The van der Waals surface area contributed by atoms with Gasteiger partial charge in [0.1, 0.15) is 0 Å². The van der Waals surface area contributed by atoms with Crippen molar-refractivity contribution in [3.05, 3.63) is 146 Å². The minimum absolute atomic E-state index is 0.976. The first-order valence-electron chi connectivity index (χ1n) is 13.5. The van der Waals surface area contributed by atoms with E-state index in [1.807, 2.05) is 17.4 Å². The molecule has 188 valence electrons. The molecule has 2 nitrogen and oxygen atoms in total. The lowest BCUT2D eigenvalue weighted by Crippen LogP contribution is -1.94. The van der Waals surface area contributed by atoms with E-state index >= 15 is 0 Å². The van der Waals surface area contributed by atoms with Crippen LogP contribution in [0.5, 0.6) is 0 Å². The van der Waals surface area contributed by atoms with Crippen molar-refractivity contribution < 1.29 is 0 Å². The van der Waals surface area contributed by atoms with Crippen molar-refractivity contribution in [2.24, 2.45) is 0 Å². The molecule has 8 rings (SSSR count). The molecule has 40 heavy (non-hydrogen) atoms. The lowest BCUT2D eigenvalue weighted by molar-refractivity contribution is 1.19. The Balaban J connectivity index is 1.40. The fourth-order valence-corrected chi connectivity index (χ4v) is 6.92. The lowest BCUT2D eigenvalue weighted by Gasteiger charge is -2.11. The van der Waals surface area contributed by atoms with Gasteiger partial charge < -0.3 is 4.57 Å². The molecule has 0 unspecified atom stereocenters. The van der Waals surface area contributed by atoms with E-state index in [1.165, 1.54) is 48.0 Å². The van der Waals surface area contributed by atoms with Crippen LogP contribution in [0.25, 0.3) is 70.5 Å². The quantitative estimate of drug-likeness (QED) is 0.222. The Morgan fingerprint density at radius 1 is 0.475 bits per heavy atom. The molecule has 3 heterocycles. The van der Waals surface area contributed by atoms with E-state index < -0.39 is 0 Å². The van der Waals surface area contributed by atoms with Crippen LogP contribution in [0.4, 0.5) is 0 Å². The third-order valence-corrected chi connectivity index (χ3v) is 8.78. The van der Waals surface area contributed by atoms with Crippen molar-refractivity contribution in [2.45, 2.75) is 0 Å². The fourth-order valence-electron chi connectivity index (χ4n) is 5.71. The van der Waals surface area contributed by atoms with Crippen LogP contribution in [0, 0.1) is 0 Å². The summed E-state index contributed by atoms with van der Waals surface area (Å²) in [5, 5.41) is 2.55. The van der Waals surface area contributed by atoms with Crippen molar-refractivity contribution in [3.8, 4) is 39.3 Å². The van der Waals surface area contributed by atoms with Crippen LogP contribution < -0.4 is 0 Å². The van der Waals surface area contributed by atoms with Crippen LogP contribution in [-0.4, -0.2) is 9.55 Å². The molecular weight excluding hydrogens is 504 g/mol. The average Bonchev–Trinajstić information content (AvgIpc) is 3.56. The zero-order chi connectivity index (χ0) is 26.5. The molecule has 0 spiro atoms. The number of thiophene rings is 1. The molecule has 0 N–H and O–H groups in total. The van der Waals surface area contributed by atoms with Gasteiger partial charge in [-0.25, -0.2) is 4.98 Å². The van der Waals surface area contributed by atoms with Gasteiger partial charge in [0.05, 0.1) is 27.1 Å². The Morgan fingerprint density at radius 3 is 1.85 bits per heavy atom. The third-order valence-electron chi connectivity index (χ3n) is 7.59. The molecule has 0 aliphatic heterocycles. The number of nitrogens with zero attached hydrogens (tertiary/aromatic N) is 2. The second kappa shape index (κ2) is 9.33. The molecule has 3 heteroatoms. The topological polar surface area (TPSA) is 17.8 Å². The number of hydrogen-bond donors (Lipinski definition) is 0. The van der Waals surface area contributed by atoms with Crippen molar-refractivity contribution in [3.63, 3.8) is 0 Å². The van der Waals surface area contributed by atoms with E-state index in [4.69, 9.17) is 4.98 Å². The van der Waals surface area contributed by atoms with E-state index in [2.05, 4.69) is 144 Å². The molecule has 0 saturated carbocycles. The maximum atomic E-state index is 5.19. The van der Waals surface area contributed by atoms with E-state index in [1.54, 1.807) is 0 Å². The first-order valence-corrected chi connectivity index (χ1v) is 14.3. The zero-order valence-electron chi connectivity index (χ0n) is 21.7. The summed E-state index contributed by atoms with van der Waals surface area (Å²) in [4.78, 5) is 5.19. The average molecular weight is 529 g/mol. The molecule has 8 aromatic rings. The Bertz CT molecular complexity index is 2080. The summed E-state index contributed by atoms with van der Waals surface area (Å²) in [5.41, 5.74) is 10.2. The monoisotopic (exact) mass is 528 g/mol. The lowest BCUT2D eigenvalue weighted by atomic mass is 9.99. The first-order chi connectivity index (χ1) is 19.8. The molecular formula is C37H24N2S. The second-order valence-corrected chi connectivity index (χ2v) is 11.1. The standard InChI is InChI=1S/C37H24N2S/c1-4-12-25(13-5-1)28-23-32(26-14-6-2-7-15-26)38-33(24-28)27-20-21-34-31(22-27)37-36(30-18-10-11-19-35(30)40-37)39(34)29-16-8-3-9-17-29/h1-24H. The summed E-state index contributed by atoms with van der Waals surface area (Å²) in [7, 11) is 0.